The van der Waals surface area contributed by atoms with Crippen molar-refractivity contribution in [2.24, 2.45) is 0 Å². The number of rotatable bonds is 6. The van der Waals surface area contributed by atoms with Gasteiger partial charge in [-0.1, -0.05) is 18.2 Å². The van der Waals surface area contributed by atoms with E-state index >= 15 is 0 Å². The largest absolute Gasteiger partial charge is 0.361 e. The Bertz CT molecular complexity index is 903. The number of amides is 2. The monoisotopic (exact) mass is 419 g/mol. The minimum absolute atomic E-state index is 0.190. The van der Waals surface area contributed by atoms with Crippen molar-refractivity contribution >= 4 is 50.0 Å². The van der Waals surface area contributed by atoms with Crippen LogP contribution in [0.5, 0.6) is 0 Å². The third-order valence-corrected chi connectivity index (χ3v) is 5.48. The summed E-state index contributed by atoms with van der Waals surface area (Å²) in [6.07, 6.45) is 2.33. The Morgan fingerprint density at radius 2 is 2.04 bits per heavy atom. The molecule has 1 aromatic carbocycles. The molecule has 3 rings (SSSR count). The standard InChI is InChI=1S/C18H18BrN3O2S/c1-11(23)22-16(18(24)21-10-13-6-7-17(19)25-13)8-12-9-20-15-5-3-2-4-14(12)15/h2-7,9,16,20H,8,10H2,1H3,(H,21,24)(H,22,23). The Morgan fingerprint density at radius 1 is 1.24 bits per heavy atom. The van der Waals surface area contributed by atoms with Crippen LogP contribution in [0.3, 0.4) is 0 Å². The number of carbonyl (C=O) groups excluding carboxylic acids is 2. The van der Waals surface area contributed by atoms with Crippen molar-refractivity contribution in [3.63, 3.8) is 0 Å². The van der Waals surface area contributed by atoms with Crippen LogP contribution in [0.2, 0.25) is 0 Å². The van der Waals surface area contributed by atoms with Crippen LogP contribution in [-0.4, -0.2) is 22.8 Å². The normalized spacial score (nSPS) is 12.1. The summed E-state index contributed by atoms with van der Waals surface area (Å²) in [6.45, 7) is 1.87. The molecule has 2 amide bonds. The van der Waals surface area contributed by atoms with E-state index in [-0.39, 0.29) is 11.8 Å². The topological polar surface area (TPSA) is 74.0 Å². The van der Waals surface area contributed by atoms with Gasteiger partial charge in [-0.2, -0.15) is 0 Å². The maximum absolute atomic E-state index is 12.6. The number of thiophene rings is 1. The van der Waals surface area contributed by atoms with Crippen LogP contribution in [0.25, 0.3) is 10.9 Å². The molecule has 0 saturated carbocycles. The predicted molar refractivity (Wildman–Crippen MR) is 103 cm³/mol. The van der Waals surface area contributed by atoms with Gasteiger partial charge in [-0.25, -0.2) is 0 Å². The maximum Gasteiger partial charge on any atom is 0.243 e. The Labute approximate surface area is 157 Å². The Kier molecular flexibility index (Phi) is 5.55. The number of nitrogens with one attached hydrogen (secondary N) is 3. The lowest BCUT2D eigenvalue weighted by molar-refractivity contribution is -0.128. The van der Waals surface area contributed by atoms with E-state index in [2.05, 4.69) is 31.5 Å². The van der Waals surface area contributed by atoms with Crippen LogP contribution in [0.1, 0.15) is 17.4 Å². The molecule has 0 fully saturated rings. The molecule has 0 aliphatic rings. The zero-order valence-corrected chi connectivity index (χ0v) is 16.0. The minimum Gasteiger partial charge on any atom is -0.361 e. The highest BCUT2D eigenvalue weighted by molar-refractivity contribution is 9.11. The molecule has 1 atom stereocenters. The average molecular weight is 420 g/mol. The molecule has 0 radical (unpaired) electrons. The molecular weight excluding hydrogens is 402 g/mol. The summed E-state index contributed by atoms with van der Waals surface area (Å²) in [6, 6.07) is 11.2. The zero-order valence-electron chi connectivity index (χ0n) is 13.6. The van der Waals surface area contributed by atoms with Crippen LogP contribution in [0.4, 0.5) is 0 Å². The second kappa shape index (κ2) is 7.84. The molecule has 0 aliphatic carbocycles. The molecule has 2 heterocycles. The van der Waals surface area contributed by atoms with Crippen LogP contribution in [0, 0.1) is 0 Å². The third-order valence-electron chi connectivity index (χ3n) is 3.86. The van der Waals surface area contributed by atoms with E-state index in [1.807, 2.05) is 42.6 Å². The Balaban J connectivity index is 1.72. The molecule has 0 bridgehead atoms. The molecule has 1 unspecified atom stereocenters. The van der Waals surface area contributed by atoms with Crippen molar-refractivity contribution < 1.29 is 9.59 Å². The number of hydrogen-bond acceptors (Lipinski definition) is 3. The van der Waals surface area contributed by atoms with Gasteiger partial charge in [-0.05, 0) is 39.7 Å². The Morgan fingerprint density at radius 3 is 2.76 bits per heavy atom. The van der Waals surface area contributed by atoms with Gasteiger partial charge in [0.05, 0.1) is 10.3 Å². The molecule has 7 heteroatoms. The lowest BCUT2D eigenvalue weighted by Crippen LogP contribution is -2.47. The van der Waals surface area contributed by atoms with Crippen LogP contribution < -0.4 is 10.6 Å². The van der Waals surface area contributed by atoms with Crippen molar-refractivity contribution in [3.8, 4) is 0 Å². The molecule has 0 spiro atoms. The molecule has 0 saturated heterocycles. The number of carbonyl (C=O) groups is 2. The lowest BCUT2D eigenvalue weighted by Gasteiger charge is -2.17. The van der Waals surface area contributed by atoms with E-state index in [0.29, 0.717) is 13.0 Å². The van der Waals surface area contributed by atoms with Crippen molar-refractivity contribution in [1.82, 2.24) is 15.6 Å². The Hall–Kier alpha value is -2.12. The number of hydrogen-bond donors (Lipinski definition) is 3. The number of halogens is 1. The SMILES string of the molecule is CC(=O)NC(Cc1c[nH]c2ccccc12)C(=O)NCc1ccc(Br)s1. The first-order valence-electron chi connectivity index (χ1n) is 7.87. The van der Waals surface area contributed by atoms with Crippen molar-refractivity contribution in [3.05, 3.63) is 56.8 Å². The van der Waals surface area contributed by atoms with Gasteiger partial charge < -0.3 is 15.6 Å². The smallest absolute Gasteiger partial charge is 0.243 e. The fourth-order valence-electron chi connectivity index (χ4n) is 2.72. The summed E-state index contributed by atoms with van der Waals surface area (Å²) in [5.41, 5.74) is 2.02. The van der Waals surface area contributed by atoms with E-state index < -0.39 is 6.04 Å². The summed E-state index contributed by atoms with van der Waals surface area (Å²) in [7, 11) is 0. The second-order valence-electron chi connectivity index (χ2n) is 5.74. The second-order valence-corrected chi connectivity index (χ2v) is 8.29. The molecule has 0 aliphatic heterocycles. The number of aromatic amines is 1. The maximum atomic E-state index is 12.6. The fourth-order valence-corrected chi connectivity index (χ4v) is 4.14. The van der Waals surface area contributed by atoms with Gasteiger partial charge in [0.1, 0.15) is 6.04 Å². The lowest BCUT2D eigenvalue weighted by atomic mass is 10.0. The molecule has 5 nitrogen and oxygen atoms in total. The van der Waals surface area contributed by atoms with Gasteiger partial charge >= 0.3 is 0 Å². The number of aromatic nitrogens is 1. The molecule has 3 N–H and O–H groups in total. The fraction of sp³-hybridized carbons (Fsp3) is 0.222. The van der Waals surface area contributed by atoms with Crippen molar-refractivity contribution in [2.75, 3.05) is 0 Å². The van der Waals surface area contributed by atoms with E-state index in [0.717, 1.165) is 25.1 Å². The number of benzene rings is 1. The first-order chi connectivity index (χ1) is 12.0. The highest BCUT2D eigenvalue weighted by Gasteiger charge is 2.21. The summed E-state index contributed by atoms with van der Waals surface area (Å²) >= 11 is 4.98. The molecule has 2 aromatic heterocycles. The van der Waals surface area contributed by atoms with Crippen LogP contribution in [0.15, 0.2) is 46.4 Å². The van der Waals surface area contributed by atoms with E-state index in [9.17, 15) is 9.59 Å². The van der Waals surface area contributed by atoms with E-state index in [1.165, 1.54) is 6.92 Å². The first-order valence-corrected chi connectivity index (χ1v) is 9.48. The van der Waals surface area contributed by atoms with Gasteiger partial charge in [0.25, 0.3) is 0 Å². The third kappa shape index (κ3) is 4.49. The van der Waals surface area contributed by atoms with Gasteiger partial charge in [-0.3, -0.25) is 9.59 Å². The minimum atomic E-state index is -0.611. The van der Waals surface area contributed by atoms with Gasteiger partial charge in [0, 0.05) is 35.3 Å². The highest BCUT2D eigenvalue weighted by atomic mass is 79.9. The molecule has 3 aromatic rings. The van der Waals surface area contributed by atoms with Crippen molar-refractivity contribution in [2.45, 2.75) is 25.9 Å². The van der Waals surface area contributed by atoms with Gasteiger partial charge in [-0.15, -0.1) is 11.3 Å². The average Bonchev–Trinajstić information content (AvgIpc) is 3.18. The van der Waals surface area contributed by atoms with Crippen LogP contribution in [-0.2, 0) is 22.6 Å². The van der Waals surface area contributed by atoms with Gasteiger partial charge in [0.2, 0.25) is 11.8 Å². The first kappa shape index (κ1) is 17.7. The van der Waals surface area contributed by atoms with Gasteiger partial charge in [0.15, 0.2) is 0 Å². The summed E-state index contributed by atoms with van der Waals surface area (Å²) in [4.78, 5) is 28.4. The van der Waals surface area contributed by atoms with Crippen molar-refractivity contribution in [1.29, 1.82) is 0 Å². The summed E-state index contributed by atoms with van der Waals surface area (Å²) in [5.74, 6) is -0.413. The zero-order chi connectivity index (χ0) is 17.8. The molecular formula is C18H18BrN3O2S. The quantitative estimate of drug-likeness (QED) is 0.572. The summed E-state index contributed by atoms with van der Waals surface area (Å²) < 4.78 is 1.02. The molecule has 130 valence electrons. The molecule has 25 heavy (non-hydrogen) atoms. The number of para-hydroxylation sites is 1. The highest BCUT2D eigenvalue weighted by Crippen LogP contribution is 2.22. The number of fused-ring (bicyclic) bond motifs is 1. The van der Waals surface area contributed by atoms with E-state index in [1.54, 1.807) is 11.3 Å². The summed E-state index contributed by atoms with van der Waals surface area (Å²) in [5, 5.41) is 6.72. The predicted octanol–water partition coefficient (Wildman–Crippen LogP) is 3.36. The number of H-pyrrole nitrogens is 1. The van der Waals surface area contributed by atoms with E-state index in [4.69, 9.17) is 0 Å². The van der Waals surface area contributed by atoms with Crippen LogP contribution >= 0.6 is 27.3 Å².